The van der Waals surface area contributed by atoms with Gasteiger partial charge >= 0.3 is 0 Å². The minimum atomic E-state index is -0.0794. The third kappa shape index (κ3) is 4.65. The number of hydrogen-bond donors (Lipinski definition) is 2. The van der Waals surface area contributed by atoms with E-state index in [1.54, 1.807) is 0 Å². The van der Waals surface area contributed by atoms with Gasteiger partial charge in [-0.25, -0.2) is 0 Å². The van der Waals surface area contributed by atoms with E-state index in [2.05, 4.69) is 34.5 Å². The highest BCUT2D eigenvalue weighted by atomic mass is 16.5. The molecular weight excluding hydrogens is 350 g/mol. The average molecular weight is 383 g/mol. The number of anilines is 2. The molecule has 0 saturated carbocycles. The number of rotatable bonds is 6. The van der Waals surface area contributed by atoms with E-state index in [4.69, 9.17) is 4.74 Å². The van der Waals surface area contributed by atoms with Gasteiger partial charge in [-0.15, -0.1) is 0 Å². The molecule has 5 heteroatoms. The summed E-state index contributed by atoms with van der Waals surface area (Å²) in [5.74, 6) is 1.03. The van der Waals surface area contributed by atoms with Gasteiger partial charge in [0.2, 0.25) is 0 Å². The molecule has 5 nitrogen and oxygen atoms in total. The SMILES string of the molecule is CCOc1ccccc1N1CC[NH+]([C@@H](C)C(=O)Nc2cc(C)ccc2C)CC1. The van der Waals surface area contributed by atoms with E-state index in [0.29, 0.717) is 6.61 Å². The van der Waals surface area contributed by atoms with Gasteiger partial charge in [0.1, 0.15) is 5.75 Å². The van der Waals surface area contributed by atoms with Gasteiger partial charge in [0.25, 0.3) is 5.91 Å². The van der Waals surface area contributed by atoms with Crippen molar-refractivity contribution < 1.29 is 14.4 Å². The number of quaternary nitrogens is 1. The van der Waals surface area contributed by atoms with Gasteiger partial charge < -0.3 is 19.9 Å². The zero-order valence-electron chi connectivity index (χ0n) is 17.4. The van der Waals surface area contributed by atoms with Crippen molar-refractivity contribution in [3.63, 3.8) is 0 Å². The molecule has 0 unspecified atom stereocenters. The van der Waals surface area contributed by atoms with Crippen molar-refractivity contribution in [2.24, 2.45) is 0 Å². The zero-order chi connectivity index (χ0) is 20.1. The van der Waals surface area contributed by atoms with Crippen LogP contribution in [0, 0.1) is 13.8 Å². The van der Waals surface area contributed by atoms with Gasteiger partial charge in [-0.1, -0.05) is 24.3 Å². The van der Waals surface area contributed by atoms with Crippen LogP contribution in [0.4, 0.5) is 11.4 Å². The fourth-order valence-electron chi connectivity index (χ4n) is 3.76. The van der Waals surface area contributed by atoms with E-state index in [1.165, 1.54) is 4.90 Å². The number of benzene rings is 2. The molecule has 0 spiro atoms. The highest BCUT2D eigenvalue weighted by molar-refractivity contribution is 5.94. The van der Waals surface area contributed by atoms with E-state index in [1.807, 2.05) is 45.9 Å². The molecule has 28 heavy (non-hydrogen) atoms. The molecule has 1 atom stereocenters. The molecule has 1 saturated heterocycles. The summed E-state index contributed by atoms with van der Waals surface area (Å²) >= 11 is 0. The first-order valence-corrected chi connectivity index (χ1v) is 10.2. The van der Waals surface area contributed by atoms with Gasteiger partial charge in [-0.2, -0.15) is 0 Å². The van der Waals surface area contributed by atoms with Crippen molar-refractivity contribution in [2.75, 3.05) is 43.0 Å². The number of nitrogens with zero attached hydrogens (tertiary/aromatic N) is 1. The maximum absolute atomic E-state index is 12.8. The fraction of sp³-hybridized carbons (Fsp3) is 0.435. The van der Waals surface area contributed by atoms with Crippen LogP contribution < -0.4 is 19.9 Å². The predicted molar refractivity (Wildman–Crippen MR) is 115 cm³/mol. The second-order valence-electron chi connectivity index (χ2n) is 7.58. The Labute approximate surface area is 168 Å². The summed E-state index contributed by atoms with van der Waals surface area (Å²) in [6.45, 7) is 12.5. The molecule has 0 radical (unpaired) electrons. The van der Waals surface area contributed by atoms with Crippen molar-refractivity contribution in [2.45, 2.75) is 33.7 Å². The summed E-state index contributed by atoms with van der Waals surface area (Å²) in [5.41, 5.74) is 4.32. The van der Waals surface area contributed by atoms with Gasteiger partial charge in [-0.3, -0.25) is 4.79 Å². The highest BCUT2D eigenvalue weighted by Gasteiger charge is 2.30. The standard InChI is InChI=1S/C23H31N3O2/c1-5-28-22-9-7-6-8-21(22)26-14-12-25(13-15-26)19(4)23(27)24-20-16-17(2)10-11-18(20)3/h6-11,16,19H,5,12-15H2,1-4H3,(H,24,27)/p+1/t19-/m0/s1. The lowest BCUT2D eigenvalue weighted by Crippen LogP contribution is -3.19. The lowest BCUT2D eigenvalue weighted by atomic mass is 10.1. The Balaban J connectivity index is 1.60. The van der Waals surface area contributed by atoms with E-state index in [-0.39, 0.29) is 11.9 Å². The van der Waals surface area contributed by atoms with Gasteiger partial charge in [0.15, 0.2) is 6.04 Å². The molecule has 150 valence electrons. The molecule has 1 aliphatic rings. The number of ether oxygens (including phenoxy) is 1. The van der Waals surface area contributed by atoms with E-state index in [9.17, 15) is 4.79 Å². The first-order valence-electron chi connectivity index (χ1n) is 10.2. The quantitative estimate of drug-likeness (QED) is 0.807. The molecule has 3 rings (SSSR count). The monoisotopic (exact) mass is 382 g/mol. The molecule has 1 aliphatic heterocycles. The van der Waals surface area contributed by atoms with Crippen LogP contribution in [-0.4, -0.2) is 44.7 Å². The van der Waals surface area contributed by atoms with E-state index < -0.39 is 0 Å². The van der Waals surface area contributed by atoms with Crippen molar-refractivity contribution in [1.29, 1.82) is 0 Å². The van der Waals surface area contributed by atoms with Crippen molar-refractivity contribution in [3.05, 3.63) is 53.6 Å². The molecule has 0 aromatic heterocycles. The molecule has 0 bridgehead atoms. The van der Waals surface area contributed by atoms with Crippen LogP contribution in [0.15, 0.2) is 42.5 Å². The first-order chi connectivity index (χ1) is 13.5. The van der Waals surface area contributed by atoms with Crippen LogP contribution in [0.3, 0.4) is 0 Å². The van der Waals surface area contributed by atoms with Crippen LogP contribution in [-0.2, 0) is 4.79 Å². The molecule has 1 amide bonds. The Morgan fingerprint density at radius 3 is 2.61 bits per heavy atom. The number of carbonyl (C=O) groups excluding carboxylic acids is 1. The Bertz CT molecular complexity index is 813. The van der Waals surface area contributed by atoms with E-state index in [0.717, 1.165) is 54.4 Å². The number of nitrogens with one attached hydrogen (secondary N) is 2. The van der Waals surface area contributed by atoms with Crippen molar-refractivity contribution >= 4 is 17.3 Å². The Morgan fingerprint density at radius 1 is 1.18 bits per heavy atom. The zero-order valence-corrected chi connectivity index (χ0v) is 17.4. The smallest absolute Gasteiger partial charge is 0.282 e. The predicted octanol–water partition coefficient (Wildman–Crippen LogP) is 2.43. The Morgan fingerprint density at radius 2 is 1.89 bits per heavy atom. The van der Waals surface area contributed by atoms with Crippen LogP contribution in [0.1, 0.15) is 25.0 Å². The average Bonchev–Trinajstić information content (AvgIpc) is 2.71. The summed E-state index contributed by atoms with van der Waals surface area (Å²) in [7, 11) is 0. The summed E-state index contributed by atoms with van der Waals surface area (Å²) in [4.78, 5) is 16.5. The Hall–Kier alpha value is -2.53. The van der Waals surface area contributed by atoms with Crippen LogP contribution >= 0.6 is 0 Å². The molecule has 2 aromatic carbocycles. The number of amides is 1. The molecule has 2 N–H and O–H groups in total. The lowest BCUT2D eigenvalue weighted by Gasteiger charge is -2.36. The summed E-state index contributed by atoms with van der Waals surface area (Å²) in [6.07, 6.45) is 0. The summed E-state index contributed by atoms with van der Waals surface area (Å²) in [6, 6.07) is 14.3. The maximum atomic E-state index is 12.8. The van der Waals surface area contributed by atoms with Crippen LogP contribution in [0.5, 0.6) is 5.75 Å². The molecule has 0 aliphatic carbocycles. The van der Waals surface area contributed by atoms with Gasteiger partial charge in [0.05, 0.1) is 38.5 Å². The number of para-hydroxylation sites is 2. The first kappa shape index (κ1) is 20.2. The van der Waals surface area contributed by atoms with Crippen molar-refractivity contribution in [1.82, 2.24) is 0 Å². The summed E-state index contributed by atoms with van der Waals surface area (Å²) < 4.78 is 5.78. The number of piperazine rings is 1. The minimum absolute atomic E-state index is 0.0794. The fourth-order valence-corrected chi connectivity index (χ4v) is 3.76. The number of hydrogen-bond acceptors (Lipinski definition) is 3. The van der Waals surface area contributed by atoms with Crippen LogP contribution in [0.2, 0.25) is 0 Å². The lowest BCUT2D eigenvalue weighted by molar-refractivity contribution is -0.914. The molecule has 1 heterocycles. The van der Waals surface area contributed by atoms with Gasteiger partial charge in [-0.05, 0) is 57.0 Å². The van der Waals surface area contributed by atoms with Crippen LogP contribution in [0.25, 0.3) is 0 Å². The molecular formula is C23H32N3O2+. The number of aryl methyl sites for hydroxylation is 2. The Kier molecular flexibility index (Phi) is 6.57. The second-order valence-corrected chi connectivity index (χ2v) is 7.58. The largest absolute Gasteiger partial charge is 0.492 e. The third-order valence-corrected chi connectivity index (χ3v) is 5.57. The normalized spacial score (nSPS) is 15.9. The third-order valence-electron chi connectivity index (χ3n) is 5.57. The summed E-state index contributed by atoms with van der Waals surface area (Å²) in [5, 5.41) is 3.12. The van der Waals surface area contributed by atoms with Crippen molar-refractivity contribution in [3.8, 4) is 5.75 Å². The van der Waals surface area contributed by atoms with E-state index >= 15 is 0 Å². The molecule has 1 fully saturated rings. The topological polar surface area (TPSA) is 46.0 Å². The molecule has 2 aromatic rings. The van der Waals surface area contributed by atoms with Gasteiger partial charge in [0, 0.05) is 5.69 Å². The maximum Gasteiger partial charge on any atom is 0.282 e. The highest BCUT2D eigenvalue weighted by Crippen LogP contribution is 2.27. The minimum Gasteiger partial charge on any atom is -0.492 e. The second kappa shape index (κ2) is 9.11. The number of carbonyl (C=O) groups is 1.